The molecule has 1 aromatic rings. The van der Waals surface area contributed by atoms with Crippen molar-refractivity contribution in [3.8, 4) is 5.75 Å². The fraction of sp³-hybridized carbons (Fsp3) is 0.300. The lowest BCUT2D eigenvalue weighted by Gasteiger charge is -2.11. The molecular formula is C10H10F3O2. The van der Waals surface area contributed by atoms with Gasteiger partial charge in [0.05, 0.1) is 0 Å². The van der Waals surface area contributed by atoms with E-state index in [0.717, 1.165) is 18.2 Å². The van der Waals surface area contributed by atoms with Gasteiger partial charge in [0.25, 0.3) is 0 Å². The number of aliphatic hydroxyl groups excluding tert-OH is 1. The van der Waals surface area contributed by atoms with E-state index in [-0.39, 0.29) is 5.75 Å². The smallest absolute Gasteiger partial charge is 0.406 e. The van der Waals surface area contributed by atoms with Crippen LogP contribution in [0.4, 0.5) is 13.2 Å². The van der Waals surface area contributed by atoms with Crippen LogP contribution >= 0.6 is 0 Å². The van der Waals surface area contributed by atoms with Crippen LogP contribution in [0.2, 0.25) is 0 Å². The normalized spacial score (nSPS) is 11.5. The van der Waals surface area contributed by atoms with E-state index < -0.39 is 6.36 Å². The Labute approximate surface area is 85.3 Å². The van der Waals surface area contributed by atoms with E-state index in [0.29, 0.717) is 12.0 Å². The number of benzene rings is 1. The van der Waals surface area contributed by atoms with Crippen molar-refractivity contribution >= 4 is 0 Å². The maximum absolute atomic E-state index is 11.9. The molecule has 83 valence electrons. The molecule has 1 N–H and O–H groups in total. The Morgan fingerprint density at radius 1 is 1.40 bits per heavy atom. The summed E-state index contributed by atoms with van der Waals surface area (Å²) in [7, 11) is 0. The molecule has 2 nitrogen and oxygen atoms in total. The molecule has 0 bridgehead atoms. The lowest BCUT2D eigenvalue weighted by Crippen LogP contribution is -2.17. The van der Waals surface area contributed by atoms with E-state index >= 15 is 0 Å². The number of aryl methyl sites for hydroxylation is 1. The maximum Gasteiger partial charge on any atom is 0.573 e. The van der Waals surface area contributed by atoms with Gasteiger partial charge in [-0.15, -0.1) is 13.2 Å². The van der Waals surface area contributed by atoms with E-state index in [1.165, 1.54) is 12.1 Å². The third-order valence-corrected chi connectivity index (χ3v) is 1.87. The third kappa shape index (κ3) is 3.43. The molecule has 0 aliphatic carbocycles. The van der Waals surface area contributed by atoms with Crippen molar-refractivity contribution < 1.29 is 23.0 Å². The predicted molar refractivity (Wildman–Crippen MR) is 47.8 cm³/mol. The molecule has 0 saturated carbocycles. The van der Waals surface area contributed by atoms with Crippen LogP contribution in [-0.4, -0.2) is 11.5 Å². The molecular weight excluding hydrogens is 209 g/mol. The van der Waals surface area contributed by atoms with Gasteiger partial charge in [0.15, 0.2) is 0 Å². The highest BCUT2D eigenvalue weighted by Crippen LogP contribution is 2.25. The standard InChI is InChI=1S/C10H10F3O2/c1-2-7-3-4-9(5-8(7)6-14)15-10(11,12)13/h3-6,14H,2H2,1H3. The minimum absolute atomic E-state index is 0.333. The third-order valence-electron chi connectivity index (χ3n) is 1.87. The number of ether oxygens (including phenoxy) is 1. The highest BCUT2D eigenvalue weighted by Gasteiger charge is 2.31. The summed E-state index contributed by atoms with van der Waals surface area (Å²) >= 11 is 0. The highest BCUT2D eigenvalue weighted by atomic mass is 19.4. The van der Waals surface area contributed by atoms with Crippen molar-refractivity contribution in [1.82, 2.24) is 0 Å². The summed E-state index contributed by atoms with van der Waals surface area (Å²) in [6.07, 6.45) is -4.08. The Balaban J connectivity index is 2.93. The summed E-state index contributed by atoms with van der Waals surface area (Å²) in [5.74, 6) is -0.333. The summed E-state index contributed by atoms with van der Waals surface area (Å²) in [6.45, 7) is 2.61. The Hall–Kier alpha value is -1.23. The molecule has 1 rings (SSSR count). The molecule has 0 fully saturated rings. The zero-order valence-electron chi connectivity index (χ0n) is 8.01. The average Bonchev–Trinajstić information content (AvgIpc) is 2.15. The molecule has 5 heteroatoms. The molecule has 0 saturated heterocycles. The molecule has 0 aliphatic rings. The highest BCUT2D eigenvalue weighted by molar-refractivity contribution is 5.38. The minimum Gasteiger partial charge on any atom is -0.406 e. The number of alkyl halides is 3. The van der Waals surface area contributed by atoms with Crippen LogP contribution in [0.1, 0.15) is 18.1 Å². The SMILES string of the molecule is CCc1ccc(OC(F)(F)F)cc1[CH]O. The van der Waals surface area contributed by atoms with Crippen LogP contribution in [0.3, 0.4) is 0 Å². The predicted octanol–water partition coefficient (Wildman–Crippen LogP) is 3.03. The van der Waals surface area contributed by atoms with Crippen molar-refractivity contribution in [2.75, 3.05) is 0 Å². The first-order chi connectivity index (χ1) is 6.96. The minimum atomic E-state index is -4.71. The van der Waals surface area contributed by atoms with Gasteiger partial charge in [-0.1, -0.05) is 13.0 Å². The monoisotopic (exact) mass is 219 g/mol. The van der Waals surface area contributed by atoms with Crippen LogP contribution in [-0.2, 0) is 6.42 Å². The summed E-state index contributed by atoms with van der Waals surface area (Å²) in [5, 5.41) is 8.81. The topological polar surface area (TPSA) is 29.5 Å². The van der Waals surface area contributed by atoms with E-state index in [9.17, 15) is 13.2 Å². The van der Waals surface area contributed by atoms with Crippen molar-refractivity contribution in [3.05, 3.63) is 35.9 Å². The van der Waals surface area contributed by atoms with E-state index in [4.69, 9.17) is 5.11 Å². The van der Waals surface area contributed by atoms with Gasteiger partial charge in [0.2, 0.25) is 0 Å². The number of hydrogen-bond donors (Lipinski definition) is 1. The maximum atomic E-state index is 11.9. The Bertz CT molecular complexity index is 334. The molecule has 0 heterocycles. The van der Waals surface area contributed by atoms with Gasteiger partial charge in [-0.3, -0.25) is 0 Å². The first-order valence-electron chi connectivity index (χ1n) is 4.32. The van der Waals surface area contributed by atoms with Crippen molar-refractivity contribution in [3.63, 3.8) is 0 Å². The molecule has 0 unspecified atom stereocenters. The summed E-state index contributed by atoms with van der Waals surface area (Å²) < 4.78 is 39.3. The van der Waals surface area contributed by atoms with Gasteiger partial charge in [-0.05, 0) is 29.7 Å². The molecule has 0 aliphatic heterocycles. The molecule has 0 spiro atoms. The van der Waals surface area contributed by atoms with E-state index in [1.54, 1.807) is 0 Å². The van der Waals surface area contributed by atoms with Gasteiger partial charge in [-0.25, -0.2) is 0 Å². The largest absolute Gasteiger partial charge is 0.573 e. The Kier molecular flexibility index (Phi) is 3.57. The van der Waals surface area contributed by atoms with Crippen molar-refractivity contribution in [1.29, 1.82) is 0 Å². The second-order valence-corrected chi connectivity index (χ2v) is 2.89. The lowest BCUT2D eigenvalue weighted by atomic mass is 10.1. The van der Waals surface area contributed by atoms with Gasteiger partial charge in [0, 0.05) is 0 Å². The fourth-order valence-corrected chi connectivity index (χ4v) is 1.21. The Morgan fingerprint density at radius 2 is 2.07 bits per heavy atom. The quantitative estimate of drug-likeness (QED) is 0.846. The van der Waals surface area contributed by atoms with Gasteiger partial charge in [-0.2, -0.15) is 0 Å². The van der Waals surface area contributed by atoms with Gasteiger partial charge in [0.1, 0.15) is 12.4 Å². The van der Waals surface area contributed by atoms with Crippen LogP contribution in [0.15, 0.2) is 18.2 Å². The zero-order chi connectivity index (χ0) is 11.5. The van der Waals surface area contributed by atoms with E-state index in [2.05, 4.69) is 4.74 Å². The second-order valence-electron chi connectivity index (χ2n) is 2.89. The first-order valence-corrected chi connectivity index (χ1v) is 4.32. The molecule has 1 radical (unpaired) electrons. The van der Waals surface area contributed by atoms with Crippen LogP contribution in [0.25, 0.3) is 0 Å². The average molecular weight is 219 g/mol. The Morgan fingerprint density at radius 3 is 2.53 bits per heavy atom. The number of hydrogen-bond acceptors (Lipinski definition) is 2. The lowest BCUT2D eigenvalue weighted by molar-refractivity contribution is -0.274. The van der Waals surface area contributed by atoms with E-state index in [1.807, 2.05) is 6.92 Å². The second kappa shape index (κ2) is 4.53. The van der Waals surface area contributed by atoms with Crippen LogP contribution < -0.4 is 4.74 Å². The summed E-state index contributed by atoms with van der Waals surface area (Å²) in [6, 6.07) is 3.86. The first kappa shape index (κ1) is 11.8. The molecule has 1 aromatic carbocycles. The summed E-state index contributed by atoms with van der Waals surface area (Å²) in [4.78, 5) is 0. The molecule has 0 amide bonds. The number of rotatable bonds is 3. The molecule has 0 atom stereocenters. The number of aliphatic hydroxyl groups is 1. The number of halogens is 3. The molecule has 15 heavy (non-hydrogen) atoms. The molecule has 0 aromatic heterocycles. The fourth-order valence-electron chi connectivity index (χ4n) is 1.21. The van der Waals surface area contributed by atoms with Gasteiger partial charge >= 0.3 is 6.36 Å². The van der Waals surface area contributed by atoms with Gasteiger partial charge < -0.3 is 9.84 Å². The van der Waals surface area contributed by atoms with Crippen LogP contribution in [0, 0.1) is 6.61 Å². The van der Waals surface area contributed by atoms with Crippen molar-refractivity contribution in [2.45, 2.75) is 19.7 Å². The zero-order valence-corrected chi connectivity index (χ0v) is 8.01. The van der Waals surface area contributed by atoms with Crippen molar-refractivity contribution in [2.24, 2.45) is 0 Å². The summed E-state index contributed by atoms with van der Waals surface area (Å²) in [5.41, 5.74) is 1.09. The van der Waals surface area contributed by atoms with Crippen LogP contribution in [0.5, 0.6) is 5.75 Å².